The second-order valence-electron chi connectivity index (χ2n) is 4.25. The smallest absolute Gasteiger partial charge is 0.238 e. The molecule has 0 aliphatic carbocycles. The van der Waals surface area contributed by atoms with E-state index in [4.69, 9.17) is 23.2 Å². The van der Waals surface area contributed by atoms with E-state index in [-0.39, 0.29) is 12.5 Å². The van der Waals surface area contributed by atoms with Crippen LogP contribution < -0.4 is 10.6 Å². The Kier molecular flexibility index (Phi) is 5.41. The van der Waals surface area contributed by atoms with Crippen LogP contribution in [0.25, 0.3) is 0 Å². The number of nitrogens with one attached hydrogen (secondary N) is 2. The predicted octanol–water partition coefficient (Wildman–Crippen LogP) is 3.72. The molecule has 2 rings (SSSR count). The fourth-order valence-corrected chi connectivity index (χ4v) is 2.02. The van der Waals surface area contributed by atoms with E-state index >= 15 is 0 Å². The first-order valence-corrected chi connectivity index (χ1v) is 6.90. The van der Waals surface area contributed by atoms with Gasteiger partial charge >= 0.3 is 0 Å². The van der Waals surface area contributed by atoms with Crippen molar-refractivity contribution >= 4 is 34.8 Å². The van der Waals surface area contributed by atoms with Crippen molar-refractivity contribution in [1.29, 1.82) is 0 Å². The Hall–Kier alpha value is -1.55. The van der Waals surface area contributed by atoms with Gasteiger partial charge in [0.2, 0.25) is 5.91 Å². The largest absolute Gasteiger partial charge is 0.325 e. The van der Waals surface area contributed by atoms with Crippen molar-refractivity contribution in [2.24, 2.45) is 0 Å². The van der Waals surface area contributed by atoms with E-state index in [9.17, 15) is 4.79 Å². The third kappa shape index (κ3) is 4.53. The Bertz CT molecular complexity index is 585. The van der Waals surface area contributed by atoms with Gasteiger partial charge in [0.15, 0.2) is 0 Å². The third-order valence-electron chi connectivity index (χ3n) is 2.69. The molecular weight excluding hydrogens is 295 g/mol. The normalized spacial score (nSPS) is 10.3. The maximum Gasteiger partial charge on any atom is 0.238 e. The van der Waals surface area contributed by atoms with Crippen LogP contribution in [0, 0.1) is 0 Å². The van der Waals surface area contributed by atoms with Crippen LogP contribution >= 0.6 is 23.2 Å². The molecule has 0 spiro atoms. The molecule has 0 atom stereocenters. The molecule has 0 aliphatic heterocycles. The number of carbonyl (C=O) groups excluding carboxylic acids is 1. The summed E-state index contributed by atoms with van der Waals surface area (Å²) in [7, 11) is 0. The Morgan fingerprint density at radius 1 is 1.00 bits per heavy atom. The Balaban J connectivity index is 1.78. The second kappa shape index (κ2) is 7.29. The zero-order valence-electron chi connectivity index (χ0n) is 10.7. The van der Waals surface area contributed by atoms with Crippen LogP contribution in [-0.2, 0) is 11.3 Å². The van der Waals surface area contributed by atoms with E-state index in [2.05, 4.69) is 10.6 Å². The van der Waals surface area contributed by atoms with E-state index in [1.807, 2.05) is 24.3 Å². The number of carbonyl (C=O) groups is 1. The highest BCUT2D eigenvalue weighted by Crippen LogP contribution is 2.14. The van der Waals surface area contributed by atoms with Gasteiger partial charge in [-0.1, -0.05) is 41.4 Å². The first-order valence-electron chi connectivity index (χ1n) is 6.15. The minimum absolute atomic E-state index is 0.112. The van der Waals surface area contributed by atoms with Gasteiger partial charge in [0.1, 0.15) is 0 Å². The van der Waals surface area contributed by atoms with Gasteiger partial charge in [0.25, 0.3) is 0 Å². The summed E-state index contributed by atoms with van der Waals surface area (Å²) in [4.78, 5) is 11.7. The lowest BCUT2D eigenvalue weighted by molar-refractivity contribution is -0.115. The maximum atomic E-state index is 11.7. The average molecular weight is 309 g/mol. The van der Waals surface area contributed by atoms with E-state index in [1.165, 1.54) is 0 Å². The van der Waals surface area contributed by atoms with Crippen LogP contribution in [-0.4, -0.2) is 12.5 Å². The molecule has 0 fully saturated rings. The van der Waals surface area contributed by atoms with Gasteiger partial charge in [-0.3, -0.25) is 4.79 Å². The zero-order chi connectivity index (χ0) is 14.4. The van der Waals surface area contributed by atoms with Gasteiger partial charge in [0.05, 0.1) is 6.54 Å². The van der Waals surface area contributed by atoms with Crippen LogP contribution in [0.3, 0.4) is 0 Å². The van der Waals surface area contributed by atoms with Crippen LogP contribution in [0.4, 0.5) is 5.69 Å². The number of hydrogen-bond acceptors (Lipinski definition) is 2. The summed E-state index contributed by atoms with van der Waals surface area (Å²) in [5.74, 6) is -0.112. The summed E-state index contributed by atoms with van der Waals surface area (Å²) in [5, 5.41) is 7.16. The number of anilines is 1. The molecule has 20 heavy (non-hydrogen) atoms. The van der Waals surface area contributed by atoms with Gasteiger partial charge in [-0.25, -0.2) is 0 Å². The van der Waals surface area contributed by atoms with Crippen molar-refractivity contribution in [2.45, 2.75) is 6.54 Å². The molecule has 0 radical (unpaired) electrons. The minimum atomic E-state index is -0.112. The van der Waals surface area contributed by atoms with Gasteiger partial charge in [-0.15, -0.1) is 0 Å². The van der Waals surface area contributed by atoms with Crippen molar-refractivity contribution < 1.29 is 4.79 Å². The molecule has 0 saturated heterocycles. The average Bonchev–Trinajstić information content (AvgIpc) is 2.43. The molecule has 0 bridgehead atoms. The van der Waals surface area contributed by atoms with Crippen molar-refractivity contribution in [1.82, 2.24) is 5.32 Å². The van der Waals surface area contributed by atoms with E-state index in [1.54, 1.807) is 24.3 Å². The monoisotopic (exact) mass is 308 g/mol. The first kappa shape index (κ1) is 14.9. The Morgan fingerprint density at radius 3 is 2.40 bits per heavy atom. The quantitative estimate of drug-likeness (QED) is 0.884. The number of hydrogen-bond donors (Lipinski definition) is 2. The Labute approximate surface area is 127 Å². The summed E-state index contributed by atoms with van der Waals surface area (Å²) in [6, 6.07) is 14.5. The molecule has 0 aromatic heterocycles. The summed E-state index contributed by atoms with van der Waals surface area (Å²) in [6.45, 7) is 0.765. The van der Waals surface area contributed by atoms with Crippen molar-refractivity contribution in [2.75, 3.05) is 11.9 Å². The van der Waals surface area contributed by atoms with Crippen LogP contribution in [0.5, 0.6) is 0 Å². The highest BCUT2D eigenvalue weighted by atomic mass is 35.5. The first-order chi connectivity index (χ1) is 9.65. The van der Waals surface area contributed by atoms with Gasteiger partial charge in [-0.2, -0.15) is 0 Å². The maximum absolute atomic E-state index is 11.7. The number of rotatable bonds is 5. The molecule has 2 N–H and O–H groups in total. The minimum Gasteiger partial charge on any atom is -0.325 e. The molecule has 1 amide bonds. The van der Waals surface area contributed by atoms with E-state index < -0.39 is 0 Å². The fourth-order valence-electron chi connectivity index (χ4n) is 1.69. The molecule has 2 aromatic carbocycles. The molecule has 0 saturated carbocycles. The summed E-state index contributed by atoms with van der Waals surface area (Å²) >= 11 is 11.8. The standard InChI is InChI=1S/C15H14Cl2N2O/c16-12-5-7-13(8-6-12)19-15(20)10-18-9-11-3-1-2-4-14(11)17/h1-8,18H,9-10H2,(H,19,20). The van der Waals surface area contributed by atoms with E-state index in [0.29, 0.717) is 16.6 Å². The van der Waals surface area contributed by atoms with Crippen molar-refractivity contribution in [3.63, 3.8) is 0 Å². The summed E-state index contributed by atoms with van der Waals surface area (Å²) < 4.78 is 0. The van der Waals surface area contributed by atoms with E-state index in [0.717, 1.165) is 11.3 Å². The molecule has 0 unspecified atom stereocenters. The highest BCUT2D eigenvalue weighted by molar-refractivity contribution is 6.31. The van der Waals surface area contributed by atoms with Gasteiger partial charge in [-0.05, 0) is 35.9 Å². The second-order valence-corrected chi connectivity index (χ2v) is 5.09. The molecule has 5 heteroatoms. The van der Waals surface area contributed by atoms with Gasteiger partial charge < -0.3 is 10.6 Å². The van der Waals surface area contributed by atoms with Crippen LogP contribution in [0.2, 0.25) is 10.0 Å². The van der Waals surface area contributed by atoms with Crippen LogP contribution in [0.15, 0.2) is 48.5 Å². The molecule has 0 heterocycles. The summed E-state index contributed by atoms with van der Waals surface area (Å²) in [6.07, 6.45) is 0. The molecule has 104 valence electrons. The predicted molar refractivity (Wildman–Crippen MR) is 83.2 cm³/mol. The number of benzene rings is 2. The van der Waals surface area contributed by atoms with Crippen LogP contribution in [0.1, 0.15) is 5.56 Å². The summed E-state index contributed by atoms with van der Waals surface area (Å²) in [5.41, 5.74) is 1.69. The van der Waals surface area contributed by atoms with Gasteiger partial charge in [0, 0.05) is 22.3 Å². The zero-order valence-corrected chi connectivity index (χ0v) is 12.2. The third-order valence-corrected chi connectivity index (χ3v) is 3.31. The lowest BCUT2D eigenvalue weighted by atomic mass is 10.2. The number of amides is 1. The molecule has 0 aliphatic rings. The lowest BCUT2D eigenvalue weighted by Crippen LogP contribution is -2.27. The molecule has 2 aromatic rings. The Morgan fingerprint density at radius 2 is 1.70 bits per heavy atom. The van der Waals surface area contributed by atoms with Crippen molar-refractivity contribution in [3.8, 4) is 0 Å². The highest BCUT2D eigenvalue weighted by Gasteiger charge is 2.03. The molecule has 3 nitrogen and oxygen atoms in total. The fraction of sp³-hybridized carbons (Fsp3) is 0.133. The molecular formula is C15H14Cl2N2O. The van der Waals surface area contributed by atoms with Crippen molar-refractivity contribution in [3.05, 3.63) is 64.1 Å². The lowest BCUT2D eigenvalue weighted by Gasteiger charge is -2.08. The SMILES string of the molecule is O=C(CNCc1ccccc1Cl)Nc1ccc(Cl)cc1. The number of halogens is 2. The topological polar surface area (TPSA) is 41.1 Å².